The van der Waals surface area contributed by atoms with Gasteiger partial charge in [0.15, 0.2) is 0 Å². The molecular weight excluding hydrogens is 258 g/mol. The van der Waals surface area contributed by atoms with Gasteiger partial charge in [-0.15, -0.1) is 0 Å². The summed E-state index contributed by atoms with van der Waals surface area (Å²) in [5.41, 5.74) is 0.991. The second kappa shape index (κ2) is 5.10. The lowest BCUT2D eigenvalue weighted by Crippen LogP contribution is -2.31. The highest BCUT2D eigenvalue weighted by atomic mass is 35.5. The van der Waals surface area contributed by atoms with Gasteiger partial charge in [-0.25, -0.2) is 0 Å². The number of rotatable bonds is 4. The third-order valence-corrected chi connectivity index (χ3v) is 3.81. The zero-order chi connectivity index (χ0) is 12.4. The van der Waals surface area contributed by atoms with E-state index in [2.05, 4.69) is 6.92 Å². The van der Waals surface area contributed by atoms with E-state index in [1.54, 1.807) is 30.0 Å². The summed E-state index contributed by atoms with van der Waals surface area (Å²) in [6.07, 6.45) is 0. The number of carbonyl (C=O) groups excluding carboxylic acids is 2. The van der Waals surface area contributed by atoms with Crippen molar-refractivity contribution in [2.45, 2.75) is 6.92 Å². The molecule has 0 saturated carbocycles. The van der Waals surface area contributed by atoms with E-state index in [1.807, 2.05) is 0 Å². The number of nitrogens with zero attached hydrogens (tertiary/aromatic N) is 1. The van der Waals surface area contributed by atoms with E-state index in [0.29, 0.717) is 22.8 Å². The number of Topliss-reactive ketones (excluding diaryl/α,β-unsaturated/α-hetero) is 1. The highest BCUT2D eigenvalue weighted by Gasteiger charge is 2.36. The average molecular weight is 270 g/mol. The van der Waals surface area contributed by atoms with Crippen LogP contribution < -0.4 is 4.90 Å². The summed E-state index contributed by atoms with van der Waals surface area (Å²) in [5.74, 6) is 0.858. The lowest BCUT2D eigenvalue weighted by molar-refractivity contribution is -0.114. The van der Waals surface area contributed by atoms with Gasteiger partial charge in [-0.05, 0) is 17.9 Å². The fourth-order valence-corrected chi connectivity index (χ4v) is 2.68. The summed E-state index contributed by atoms with van der Waals surface area (Å²) >= 11 is 7.69. The zero-order valence-electron chi connectivity index (χ0n) is 9.40. The number of hydrogen-bond acceptors (Lipinski definition) is 3. The van der Waals surface area contributed by atoms with Crippen molar-refractivity contribution in [2.75, 3.05) is 23.0 Å². The molecule has 0 spiro atoms. The fraction of sp³-hybridized carbons (Fsp3) is 0.333. The Balaban J connectivity index is 2.29. The van der Waals surface area contributed by atoms with E-state index in [0.717, 1.165) is 11.5 Å². The number of amides is 1. The minimum atomic E-state index is -0.493. The molecule has 0 radical (unpaired) electrons. The maximum absolute atomic E-state index is 11.8. The minimum Gasteiger partial charge on any atom is -0.304 e. The van der Waals surface area contributed by atoms with Crippen LogP contribution in [0.1, 0.15) is 17.3 Å². The Bertz CT molecular complexity index is 476. The Kier molecular flexibility index (Phi) is 3.74. The van der Waals surface area contributed by atoms with Gasteiger partial charge in [-0.2, -0.15) is 11.8 Å². The van der Waals surface area contributed by atoms with Crippen LogP contribution >= 0.6 is 23.4 Å². The van der Waals surface area contributed by atoms with Crippen LogP contribution in [0.2, 0.25) is 5.02 Å². The van der Waals surface area contributed by atoms with Crippen molar-refractivity contribution in [1.82, 2.24) is 0 Å². The topological polar surface area (TPSA) is 37.4 Å². The van der Waals surface area contributed by atoms with Gasteiger partial charge in [-0.3, -0.25) is 9.59 Å². The molecule has 0 N–H and O–H groups in total. The van der Waals surface area contributed by atoms with Gasteiger partial charge in [0.25, 0.3) is 11.7 Å². The van der Waals surface area contributed by atoms with Crippen molar-refractivity contribution in [3.63, 3.8) is 0 Å². The summed E-state index contributed by atoms with van der Waals surface area (Å²) in [6.45, 7) is 2.61. The van der Waals surface area contributed by atoms with E-state index in [-0.39, 0.29) is 0 Å². The molecule has 17 heavy (non-hydrogen) atoms. The first-order chi connectivity index (χ1) is 8.16. The number of hydrogen-bond donors (Lipinski definition) is 0. The van der Waals surface area contributed by atoms with Gasteiger partial charge < -0.3 is 4.90 Å². The molecule has 0 atom stereocenters. The summed E-state index contributed by atoms with van der Waals surface area (Å²) in [5, 5.41) is 0.353. The second-order valence-corrected chi connectivity index (χ2v) is 5.42. The molecule has 3 nitrogen and oxygen atoms in total. The van der Waals surface area contributed by atoms with Crippen LogP contribution in [0.4, 0.5) is 5.69 Å². The lowest BCUT2D eigenvalue weighted by Gasteiger charge is -2.15. The highest BCUT2D eigenvalue weighted by Crippen LogP contribution is 2.33. The average Bonchev–Trinajstić information content (AvgIpc) is 2.55. The summed E-state index contributed by atoms with van der Waals surface area (Å²) in [7, 11) is 0. The van der Waals surface area contributed by atoms with Gasteiger partial charge in [0.1, 0.15) is 0 Å². The van der Waals surface area contributed by atoms with Crippen LogP contribution in [-0.2, 0) is 4.79 Å². The Morgan fingerprint density at radius 3 is 2.82 bits per heavy atom. The summed E-state index contributed by atoms with van der Waals surface area (Å²) in [4.78, 5) is 25.1. The molecule has 1 aliphatic heterocycles. The first-order valence-corrected chi connectivity index (χ1v) is 6.92. The standard InChI is InChI=1S/C12H12ClNO2S/c1-2-17-7-6-14-9-5-3-4-8(13)10(9)11(15)12(14)16/h3-5H,2,6-7H2,1H3. The predicted octanol–water partition coefficient (Wildman–Crippen LogP) is 2.62. The maximum Gasteiger partial charge on any atom is 0.299 e. The first-order valence-electron chi connectivity index (χ1n) is 5.39. The van der Waals surface area contributed by atoms with E-state index in [9.17, 15) is 9.59 Å². The highest BCUT2D eigenvalue weighted by molar-refractivity contribution is 7.99. The largest absolute Gasteiger partial charge is 0.304 e. The quantitative estimate of drug-likeness (QED) is 0.623. The Morgan fingerprint density at radius 1 is 1.35 bits per heavy atom. The molecular formula is C12H12ClNO2S. The Hall–Kier alpha value is -1.00. The van der Waals surface area contributed by atoms with Crippen LogP contribution in [0, 0.1) is 0 Å². The smallest absolute Gasteiger partial charge is 0.299 e. The monoisotopic (exact) mass is 269 g/mol. The van der Waals surface area contributed by atoms with Crippen molar-refractivity contribution in [2.24, 2.45) is 0 Å². The minimum absolute atomic E-state index is 0.348. The van der Waals surface area contributed by atoms with E-state index >= 15 is 0 Å². The number of thioether (sulfide) groups is 1. The molecule has 1 aliphatic rings. The molecule has 0 aliphatic carbocycles. The number of benzene rings is 1. The molecule has 1 aromatic rings. The predicted molar refractivity (Wildman–Crippen MR) is 71.1 cm³/mol. The number of anilines is 1. The zero-order valence-corrected chi connectivity index (χ0v) is 11.0. The Labute approximate surface area is 109 Å². The lowest BCUT2D eigenvalue weighted by atomic mass is 10.1. The molecule has 1 amide bonds. The third kappa shape index (κ3) is 2.19. The van der Waals surface area contributed by atoms with Crippen molar-refractivity contribution in [3.05, 3.63) is 28.8 Å². The molecule has 0 unspecified atom stereocenters. The number of carbonyl (C=O) groups is 2. The molecule has 0 fully saturated rings. The number of ketones is 1. The van der Waals surface area contributed by atoms with Crippen LogP contribution in [0.25, 0.3) is 0 Å². The van der Waals surface area contributed by atoms with E-state index in [4.69, 9.17) is 11.6 Å². The maximum atomic E-state index is 11.8. The SMILES string of the molecule is CCSCCN1C(=O)C(=O)c2c(Cl)cccc21. The van der Waals surface area contributed by atoms with Gasteiger partial charge in [0.2, 0.25) is 0 Å². The molecule has 1 aromatic carbocycles. The van der Waals surface area contributed by atoms with Crippen LogP contribution in [0.3, 0.4) is 0 Å². The molecule has 2 rings (SSSR count). The Morgan fingerprint density at radius 2 is 2.12 bits per heavy atom. The molecule has 90 valence electrons. The fourth-order valence-electron chi connectivity index (χ4n) is 1.82. The van der Waals surface area contributed by atoms with Gasteiger partial charge >= 0.3 is 0 Å². The van der Waals surface area contributed by atoms with Crippen LogP contribution in [0.15, 0.2) is 18.2 Å². The molecule has 0 aromatic heterocycles. The van der Waals surface area contributed by atoms with Crippen molar-refractivity contribution < 1.29 is 9.59 Å². The van der Waals surface area contributed by atoms with Crippen LogP contribution in [0.5, 0.6) is 0 Å². The second-order valence-electron chi connectivity index (χ2n) is 3.62. The first kappa shape index (κ1) is 12.5. The normalized spacial score (nSPS) is 14.4. The number of halogens is 1. The van der Waals surface area contributed by atoms with Crippen molar-refractivity contribution >= 4 is 40.7 Å². The summed E-state index contributed by atoms with van der Waals surface area (Å²) < 4.78 is 0. The molecule has 5 heteroatoms. The van der Waals surface area contributed by atoms with E-state index < -0.39 is 11.7 Å². The van der Waals surface area contributed by atoms with Gasteiger partial charge in [0, 0.05) is 12.3 Å². The molecule has 0 bridgehead atoms. The van der Waals surface area contributed by atoms with E-state index in [1.165, 1.54) is 4.90 Å². The van der Waals surface area contributed by atoms with Crippen LogP contribution in [-0.4, -0.2) is 29.7 Å². The van der Waals surface area contributed by atoms with Crippen molar-refractivity contribution in [3.8, 4) is 0 Å². The van der Waals surface area contributed by atoms with Crippen molar-refractivity contribution in [1.29, 1.82) is 0 Å². The molecule has 0 saturated heterocycles. The summed E-state index contributed by atoms with van der Waals surface area (Å²) in [6, 6.07) is 5.16. The van der Waals surface area contributed by atoms with Gasteiger partial charge in [0.05, 0.1) is 16.3 Å². The number of fused-ring (bicyclic) bond motifs is 1. The van der Waals surface area contributed by atoms with Gasteiger partial charge in [-0.1, -0.05) is 24.6 Å². The third-order valence-electron chi connectivity index (χ3n) is 2.61. The molecule has 1 heterocycles.